The monoisotopic (exact) mass is 478 g/mol. The Morgan fingerprint density at radius 1 is 1.07 bits per heavy atom. The summed E-state index contributed by atoms with van der Waals surface area (Å²) in [6.45, 7) is 2.70. The van der Waals surface area contributed by atoms with Crippen LogP contribution >= 0.6 is 22.6 Å². The summed E-state index contributed by atoms with van der Waals surface area (Å²) in [5, 5.41) is 3.00. The molecule has 27 heavy (non-hydrogen) atoms. The Hall–Kier alpha value is -1.80. The summed E-state index contributed by atoms with van der Waals surface area (Å²) in [5.41, 5.74) is 2.03. The van der Waals surface area contributed by atoms with E-state index in [1.807, 2.05) is 30.3 Å². The Balaban J connectivity index is 1.43. The van der Waals surface area contributed by atoms with Crippen LogP contribution in [0.4, 0.5) is 5.69 Å². The van der Waals surface area contributed by atoms with E-state index in [9.17, 15) is 4.79 Å². The lowest BCUT2D eigenvalue weighted by atomic mass is 10.0. The van der Waals surface area contributed by atoms with Gasteiger partial charge in [-0.05, 0) is 83.9 Å². The van der Waals surface area contributed by atoms with Gasteiger partial charge in [0.15, 0.2) is 11.5 Å². The Kier molecular flexibility index (Phi) is 5.83. The van der Waals surface area contributed by atoms with Crippen LogP contribution in [-0.4, -0.2) is 37.1 Å². The van der Waals surface area contributed by atoms with Gasteiger partial charge in [0.25, 0.3) is 0 Å². The van der Waals surface area contributed by atoms with Gasteiger partial charge in [0.1, 0.15) is 0 Å². The third-order valence-corrected chi connectivity index (χ3v) is 5.71. The van der Waals surface area contributed by atoms with Crippen molar-refractivity contribution in [3.05, 3.63) is 51.6 Å². The van der Waals surface area contributed by atoms with E-state index in [4.69, 9.17) is 9.47 Å². The van der Waals surface area contributed by atoms with Crippen molar-refractivity contribution in [3.8, 4) is 11.5 Å². The minimum atomic E-state index is 0.0254. The van der Waals surface area contributed by atoms with E-state index in [0.717, 1.165) is 46.6 Å². The number of anilines is 1. The van der Waals surface area contributed by atoms with Gasteiger partial charge in [-0.15, -0.1) is 0 Å². The first kappa shape index (κ1) is 18.6. The lowest BCUT2D eigenvalue weighted by Gasteiger charge is -2.25. The highest BCUT2D eigenvalue weighted by molar-refractivity contribution is 14.1. The molecule has 1 N–H and O–H groups in total. The predicted molar refractivity (Wildman–Crippen MR) is 113 cm³/mol. The Bertz CT molecular complexity index is 810. The molecule has 2 aliphatic heterocycles. The first-order valence-electron chi connectivity index (χ1n) is 9.38. The van der Waals surface area contributed by atoms with E-state index >= 15 is 0 Å². The minimum absolute atomic E-state index is 0.0254. The van der Waals surface area contributed by atoms with Gasteiger partial charge in [-0.2, -0.15) is 0 Å². The molecule has 0 radical (unpaired) electrons. The van der Waals surface area contributed by atoms with E-state index < -0.39 is 0 Å². The van der Waals surface area contributed by atoms with Crippen LogP contribution in [0.1, 0.15) is 30.9 Å². The standard InChI is InChI=1S/C21H23IN2O3/c22-16-5-7-17(8-6-16)23-21(25)14-24-10-1-3-18(24)15-4-9-19-20(13-15)27-12-2-11-26-19/h4-9,13,18H,1-3,10-12,14H2,(H,23,25). The number of nitrogens with one attached hydrogen (secondary N) is 1. The van der Waals surface area contributed by atoms with Gasteiger partial charge >= 0.3 is 0 Å². The van der Waals surface area contributed by atoms with Crippen LogP contribution in [0.15, 0.2) is 42.5 Å². The average molecular weight is 478 g/mol. The summed E-state index contributed by atoms with van der Waals surface area (Å²) in [6, 6.07) is 14.3. The van der Waals surface area contributed by atoms with Crippen LogP contribution in [0.5, 0.6) is 11.5 Å². The van der Waals surface area contributed by atoms with E-state index in [-0.39, 0.29) is 11.9 Å². The molecule has 1 unspecified atom stereocenters. The van der Waals surface area contributed by atoms with Gasteiger partial charge in [0.2, 0.25) is 5.91 Å². The summed E-state index contributed by atoms with van der Waals surface area (Å²) in [4.78, 5) is 14.8. The fourth-order valence-electron chi connectivity index (χ4n) is 3.70. The van der Waals surface area contributed by atoms with Crippen molar-refractivity contribution in [1.82, 2.24) is 4.90 Å². The van der Waals surface area contributed by atoms with Crippen LogP contribution < -0.4 is 14.8 Å². The number of fused-ring (bicyclic) bond motifs is 1. The molecule has 2 aliphatic rings. The van der Waals surface area contributed by atoms with Crippen LogP contribution in [0.2, 0.25) is 0 Å². The molecule has 1 saturated heterocycles. The molecule has 0 saturated carbocycles. The van der Waals surface area contributed by atoms with Gasteiger partial charge < -0.3 is 14.8 Å². The maximum atomic E-state index is 12.5. The largest absolute Gasteiger partial charge is 0.490 e. The summed E-state index contributed by atoms with van der Waals surface area (Å²) in [6.07, 6.45) is 3.05. The maximum Gasteiger partial charge on any atom is 0.238 e. The van der Waals surface area contributed by atoms with Gasteiger partial charge in [-0.25, -0.2) is 0 Å². The number of halogens is 1. The number of hydrogen-bond acceptors (Lipinski definition) is 4. The fraction of sp³-hybridized carbons (Fsp3) is 0.381. The number of ether oxygens (including phenoxy) is 2. The van der Waals surface area contributed by atoms with Crippen molar-refractivity contribution >= 4 is 34.2 Å². The van der Waals surface area contributed by atoms with Crippen LogP contribution in [-0.2, 0) is 4.79 Å². The molecule has 0 aromatic heterocycles. The topological polar surface area (TPSA) is 50.8 Å². The molecule has 2 heterocycles. The quantitative estimate of drug-likeness (QED) is 0.669. The van der Waals surface area contributed by atoms with Crippen molar-refractivity contribution in [1.29, 1.82) is 0 Å². The summed E-state index contributed by atoms with van der Waals surface area (Å²) in [5.74, 6) is 1.66. The van der Waals surface area contributed by atoms with Gasteiger partial charge in [-0.1, -0.05) is 6.07 Å². The molecular weight excluding hydrogens is 455 g/mol. The molecule has 1 amide bonds. The number of rotatable bonds is 4. The molecule has 1 atom stereocenters. The molecule has 0 spiro atoms. The Labute approximate surface area is 173 Å². The molecule has 4 rings (SSSR count). The number of hydrogen-bond donors (Lipinski definition) is 1. The lowest BCUT2D eigenvalue weighted by molar-refractivity contribution is -0.117. The molecule has 2 aromatic carbocycles. The molecular formula is C21H23IN2O3. The highest BCUT2D eigenvalue weighted by Gasteiger charge is 2.28. The highest BCUT2D eigenvalue weighted by atomic mass is 127. The number of amides is 1. The van der Waals surface area contributed by atoms with Crippen LogP contribution in [0.25, 0.3) is 0 Å². The van der Waals surface area contributed by atoms with Crippen LogP contribution in [0.3, 0.4) is 0 Å². The zero-order valence-corrected chi connectivity index (χ0v) is 17.3. The summed E-state index contributed by atoms with van der Waals surface area (Å²) >= 11 is 2.26. The van der Waals surface area contributed by atoms with Crippen molar-refractivity contribution in [2.24, 2.45) is 0 Å². The first-order chi connectivity index (χ1) is 13.2. The van der Waals surface area contributed by atoms with E-state index in [0.29, 0.717) is 19.8 Å². The first-order valence-corrected chi connectivity index (χ1v) is 10.5. The van der Waals surface area contributed by atoms with E-state index in [1.54, 1.807) is 0 Å². The van der Waals surface area contributed by atoms with Crippen molar-refractivity contribution in [2.45, 2.75) is 25.3 Å². The molecule has 6 heteroatoms. The summed E-state index contributed by atoms with van der Waals surface area (Å²) in [7, 11) is 0. The number of benzene rings is 2. The molecule has 0 aliphatic carbocycles. The van der Waals surface area contributed by atoms with Crippen molar-refractivity contribution in [3.63, 3.8) is 0 Å². The van der Waals surface area contributed by atoms with Gasteiger partial charge in [0.05, 0.1) is 19.8 Å². The third-order valence-electron chi connectivity index (χ3n) is 4.99. The smallest absolute Gasteiger partial charge is 0.238 e. The number of carbonyl (C=O) groups is 1. The molecule has 1 fully saturated rings. The lowest BCUT2D eigenvalue weighted by Crippen LogP contribution is -2.32. The molecule has 2 aromatic rings. The van der Waals surface area contributed by atoms with Gasteiger partial charge in [0, 0.05) is 21.7 Å². The second kappa shape index (κ2) is 8.48. The highest BCUT2D eigenvalue weighted by Crippen LogP contribution is 2.37. The Morgan fingerprint density at radius 2 is 1.85 bits per heavy atom. The zero-order chi connectivity index (χ0) is 18.6. The van der Waals surface area contributed by atoms with Gasteiger partial charge in [-0.3, -0.25) is 9.69 Å². The normalized spacial score (nSPS) is 19.5. The fourth-order valence-corrected chi connectivity index (χ4v) is 4.06. The SMILES string of the molecule is O=C(CN1CCCC1c1ccc2c(c1)OCCCO2)Nc1ccc(I)cc1. The second-order valence-electron chi connectivity index (χ2n) is 6.94. The molecule has 5 nitrogen and oxygen atoms in total. The van der Waals surface area contributed by atoms with Crippen LogP contribution in [0, 0.1) is 3.57 Å². The molecule has 142 valence electrons. The van der Waals surface area contributed by atoms with E-state index in [2.05, 4.69) is 44.9 Å². The molecule has 0 bridgehead atoms. The Morgan fingerprint density at radius 3 is 2.67 bits per heavy atom. The zero-order valence-electron chi connectivity index (χ0n) is 15.1. The second-order valence-corrected chi connectivity index (χ2v) is 8.19. The number of nitrogens with zero attached hydrogens (tertiary/aromatic N) is 1. The maximum absolute atomic E-state index is 12.5. The predicted octanol–water partition coefficient (Wildman–Crippen LogP) is 4.23. The van der Waals surface area contributed by atoms with Crippen molar-refractivity contribution < 1.29 is 14.3 Å². The number of carbonyl (C=O) groups excluding carboxylic acids is 1. The average Bonchev–Trinajstić information content (AvgIpc) is 2.99. The van der Waals surface area contributed by atoms with Crippen molar-refractivity contribution in [2.75, 3.05) is 31.6 Å². The summed E-state index contributed by atoms with van der Waals surface area (Å²) < 4.78 is 12.7. The van der Waals surface area contributed by atoms with E-state index in [1.165, 1.54) is 5.56 Å². The third kappa shape index (κ3) is 4.55. The minimum Gasteiger partial charge on any atom is -0.490 e. The number of likely N-dealkylation sites (tertiary alicyclic amines) is 1.